The van der Waals surface area contributed by atoms with Crippen molar-refractivity contribution in [2.45, 2.75) is 13.5 Å². The van der Waals surface area contributed by atoms with Gasteiger partial charge in [0.25, 0.3) is 0 Å². The maximum absolute atomic E-state index is 12.1. The minimum Gasteiger partial charge on any atom is -0.475 e. The normalized spacial score (nSPS) is 11.1. The molecule has 8 nitrogen and oxygen atoms in total. The molecule has 3 aromatic heterocycles. The third-order valence-electron chi connectivity index (χ3n) is 2.94. The first kappa shape index (κ1) is 12.2. The van der Waals surface area contributed by atoms with Gasteiger partial charge in [-0.1, -0.05) is 0 Å². The zero-order chi connectivity index (χ0) is 14.3. The molecule has 0 aliphatic rings. The predicted molar refractivity (Wildman–Crippen MR) is 66.8 cm³/mol. The number of aromatic carboxylic acids is 1. The summed E-state index contributed by atoms with van der Waals surface area (Å²) in [6.07, 6.45) is 4.49. The Labute approximate surface area is 111 Å². The van der Waals surface area contributed by atoms with Crippen LogP contribution < -0.4 is 5.69 Å². The third-order valence-corrected chi connectivity index (χ3v) is 2.94. The van der Waals surface area contributed by atoms with Crippen LogP contribution in [0.3, 0.4) is 0 Å². The van der Waals surface area contributed by atoms with Gasteiger partial charge in [-0.2, -0.15) is 0 Å². The first-order valence-corrected chi connectivity index (χ1v) is 5.78. The van der Waals surface area contributed by atoms with Crippen molar-refractivity contribution in [3.63, 3.8) is 0 Å². The van der Waals surface area contributed by atoms with E-state index in [4.69, 9.17) is 9.52 Å². The highest BCUT2D eigenvalue weighted by Crippen LogP contribution is 2.15. The van der Waals surface area contributed by atoms with Gasteiger partial charge in [-0.3, -0.25) is 4.98 Å². The lowest BCUT2D eigenvalue weighted by Gasteiger charge is -1.96. The summed E-state index contributed by atoms with van der Waals surface area (Å²) in [5, 5.41) is 13.0. The van der Waals surface area contributed by atoms with Crippen molar-refractivity contribution in [1.29, 1.82) is 0 Å². The van der Waals surface area contributed by atoms with E-state index in [2.05, 4.69) is 10.1 Å². The number of hydrogen-bond donors (Lipinski definition) is 1. The summed E-state index contributed by atoms with van der Waals surface area (Å²) < 4.78 is 7.70. The van der Waals surface area contributed by atoms with Crippen LogP contribution in [-0.2, 0) is 6.54 Å². The van der Waals surface area contributed by atoms with E-state index in [0.29, 0.717) is 17.0 Å². The SMILES string of the molecule is Cc1oc(C(=O)O)cc1Cn1nc2cnccn2c1=O. The van der Waals surface area contributed by atoms with E-state index >= 15 is 0 Å². The number of carbonyl (C=O) groups is 1. The number of rotatable bonds is 3. The molecule has 0 spiro atoms. The zero-order valence-corrected chi connectivity index (χ0v) is 10.5. The van der Waals surface area contributed by atoms with Crippen molar-refractivity contribution >= 4 is 11.6 Å². The van der Waals surface area contributed by atoms with E-state index < -0.39 is 5.97 Å². The summed E-state index contributed by atoms with van der Waals surface area (Å²) >= 11 is 0. The monoisotopic (exact) mass is 274 g/mol. The molecule has 3 aromatic rings. The predicted octanol–water partition coefficient (Wildman–Crippen LogP) is 0.539. The topological polar surface area (TPSA) is 103 Å². The summed E-state index contributed by atoms with van der Waals surface area (Å²) in [4.78, 5) is 26.8. The molecule has 0 aromatic carbocycles. The number of carboxylic acids is 1. The highest BCUT2D eigenvalue weighted by atomic mass is 16.4. The second-order valence-electron chi connectivity index (χ2n) is 4.24. The quantitative estimate of drug-likeness (QED) is 0.747. The molecule has 0 aliphatic carbocycles. The Morgan fingerprint density at radius 1 is 1.50 bits per heavy atom. The van der Waals surface area contributed by atoms with E-state index in [-0.39, 0.29) is 18.0 Å². The minimum absolute atomic E-state index is 0.142. The minimum atomic E-state index is -1.15. The van der Waals surface area contributed by atoms with Crippen LogP contribution in [0.4, 0.5) is 0 Å². The van der Waals surface area contributed by atoms with Gasteiger partial charge in [-0.15, -0.1) is 5.10 Å². The van der Waals surface area contributed by atoms with E-state index in [1.807, 2.05) is 0 Å². The first-order valence-electron chi connectivity index (χ1n) is 5.78. The van der Waals surface area contributed by atoms with Gasteiger partial charge in [0.1, 0.15) is 5.76 Å². The maximum Gasteiger partial charge on any atom is 0.371 e. The van der Waals surface area contributed by atoms with Crippen LogP contribution >= 0.6 is 0 Å². The van der Waals surface area contributed by atoms with E-state index in [1.54, 1.807) is 6.92 Å². The number of hydrogen-bond acceptors (Lipinski definition) is 5. The van der Waals surface area contributed by atoms with Crippen molar-refractivity contribution in [2.24, 2.45) is 0 Å². The van der Waals surface area contributed by atoms with Crippen LogP contribution in [0, 0.1) is 6.92 Å². The Hall–Kier alpha value is -2.90. The Morgan fingerprint density at radius 2 is 2.30 bits per heavy atom. The van der Waals surface area contributed by atoms with Gasteiger partial charge < -0.3 is 9.52 Å². The fourth-order valence-corrected chi connectivity index (χ4v) is 1.93. The van der Waals surface area contributed by atoms with Crippen molar-refractivity contribution < 1.29 is 14.3 Å². The average molecular weight is 274 g/mol. The number of aromatic nitrogens is 4. The van der Waals surface area contributed by atoms with E-state index in [9.17, 15) is 9.59 Å². The zero-order valence-electron chi connectivity index (χ0n) is 10.5. The smallest absolute Gasteiger partial charge is 0.371 e. The summed E-state index contributed by atoms with van der Waals surface area (Å²) in [5.74, 6) is -0.855. The van der Waals surface area contributed by atoms with Crippen LogP contribution in [0.25, 0.3) is 5.65 Å². The standard InChI is InChI=1S/C12H10N4O4/c1-7-8(4-9(20-7)11(17)18)6-16-12(19)15-3-2-13-5-10(15)14-16/h2-5H,6H2,1H3,(H,17,18). The molecule has 3 rings (SSSR count). The summed E-state index contributed by atoms with van der Waals surface area (Å²) in [7, 11) is 0. The summed E-state index contributed by atoms with van der Waals surface area (Å²) in [5.41, 5.74) is 0.706. The number of fused-ring (bicyclic) bond motifs is 1. The Bertz CT molecular complexity index is 858. The van der Waals surface area contributed by atoms with Crippen molar-refractivity contribution in [1.82, 2.24) is 19.2 Å². The van der Waals surface area contributed by atoms with Crippen molar-refractivity contribution in [2.75, 3.05) is 0 Å². The second-order valence-corrected chi connectivity index (χ2v) is 4.24. The van der Waals surface area contributed by atoms with Crippen LogP contribution in [0.2, 0.25) is 0 Å². The molecule has 3 heterocycles. The van der Waals surface area contributed by atoms with Crippen LogP contribution in [-0.4, -0.2) is 30.2 Å². The second kappa shape index (κ2) is 4.34. The number of furan rings is 1. The Kier molecular flexibility index (Phi) is 2.63. The Morgan fingerprint density at radius 3 is 2.95 bits per heavy atom. The molecule has 0 saturated heterocycles. The van der Waals surface area contributed by atoms with Gasteiger partial charge >= 0.3 is 11.7 Å². The van der Waals surface area contributed by atoms with Gasteiger partial charge in [-0.05, 0) is 13.0 Å². The molecular formula is C12H10N4O4. The number of aryl methyl sites for hydroxylation is 1. The van der Waals surface area contributed by atoms with Crippen molar-refractivity contribution in [3.8, 4) is 0 Å². The third kappa shape index (κ3) is 1.87. The van der Waals surface area contributed by atoms with Crippen LogP contribution in [0.15, 0.2) is 33.9 Å². The molecule has 0 bridgehead atoms. The molecule has 0 fully saturated rings. The molecule has 0 atom stereocenters. The highest BCUT2D eigenvalue weighted by Gasteiger charge is 2.15. The number of nitrogens with zero attached hydrogens (tertiary/aromatic N) is 4. The lowest BCUT2D eigenvalue weighted by atomic mass is 10.2. The van der Waals surface area contributed by atoms with E-state index in [0.717, 1.165) is 0 Å². The molecule has 0 amide bonds. The highest BCUT2D eigenvalue weighted by molar-refractivity contribution is 5.84. The van der Waals surface area contributed by atoms with Crippen molar-refractivity contribution in [3.05, 3.63) is 52.2 Å². The molecule has 1 N–H and O–H groups in total. The molecule has 0 radical (unpaired) electrons. The van der Waals surface area contributed by atoms with Gasteiger partial charge in [0.05, 0.1) is 12.7 Å². The van der Waals surface area contributed by atoms with Crippen LogP contribution in [0.5, 0.6) is 0 Å². The Balaban J connectivity index is 2.03. The molecule has 102 valence electrons. The fraction of sp³-hybridized carbons (Fsp3) is 0.167. The summed E-state index contributed by atoms with van der Waals surface area (Å²) in [6, 6.07) is 1.40. The molecular weight excluding hydrogens is 264 g/mol. The number of carboxylic acid groups (broad SMARTS) is 1. The lowest BCUT2D eigenvalue weighted by molar-refractivity contribution is 0.0661. The molecule has 0 aliphatic heterocycles. The van der Waals surface area contributed by atoms with Gasteiger partial charge in [0.2, 0.25) is 5.76 Å². The molecule has 8 heteroatoms. The largest absolute Gasteiger partial charge is 0.475 e. The molecule has 0 unspecified atom stereocenters. The van der Waals surface area contributed by atoms with Gasteiger partial charge in [-0.25, -0.2) is 18.7 Å². The molecule has 20 heavy (non-hydrogen) atoms. The summed E-state index contributed by atoms with van der Waals surface area (Å²) in [6.45, 7) is 1.79. The van der Waals surface area contributed by atoms with E-state index in [1.165, 1.54) is 33.7 Å². The van der Waals surface area contributed by atoms with Gasteiger partial charge in [0, 0.05) is 18.0 Å². The maximum atomic E-state index is 12.1. The lowest BCUT2D eigenvalue weighted by Crippen LogP contribution is -2.21. The van der Waals surface area contributed by atoms with Crippen LogP contribution in [0.1, 0.15) is 21.9 Å². The van der Waals surface area contributed by atoms with Gasteiger partial charge in [0.15, 0.2) is 5.65 Å². The first-order chi connectivity index (χ1) is 9.56. The molecule has 0 saturated carbocycles. The average Bonchev–Trinajstić information content (AvgIpc) is 2.93. The fourth-order valence-electron chi connectivity index (χ4n) is 1.93.